The molecule has 1 fully saturated rings. The maximum Gasteiger partial charge on any atom is 0.144 e. The largest absolute Gasteiger partial charge is 0.409 e. The molecule has 0 aromatic carbocycles. The molecule has 1 saturated heterocycles. The normalized spacial score (nSPS) is 21.7. The number of unbranched alkanes of at least 4 members (excludes halogenated alkanes) is 1. The molecule has 1 aliphatic rings. The summed E-state index contributed by atoms with van der Waals surface area (Å²) in [5, 5.41) is 15.3. The molecule has 0 saturated carbocycles. The molecule has 0 radical (unpaired) electrons. The van der Waals surface area contributed by atoms with E-state index in [0.29, 0.717) is 11.9 Å². The van der Waals surface area contributed by atoms with Gasteiger partial charge in [0.25, 0.3) is 0 Å². The van der Waals surface area contributed by atoms with E-state index in [2.05, 4.69) is 22.3 Å². The Bertz CT molecular complexity index is 321. The van der Waals surface area contributed by atoms with Gasteiger partial charge in [0.05, 0.1) is 12.7 Å². The quantitative estimate of drug-likeness (QED) is 0.196. The van der Waals surface area contributed by atoms with Crippen molar-refractivity contribution in [2.75, 3.05) is 39.3 Å². The first kappa shape index (κ1) is 18.2. The maximum atomic E-state index is 8.73. The maximum absolute atomic E-state index is 8.73. The number of morpholine rings is 1. The van der Waals surface area contributed by atoms with E-state index in [-0.39, 0.29) is 5.41 Å². The first-order valence-corrected chi connectivity index (χ1v) is 8.02. The van der Waals surface area contributed by atoms with Crippen molar-refractivity contribution in [1.82, 2.24) is 10.2 Å². The zero-order valence-electron chi connectivity index (χ0n) is 13.8. The minimum Gasteiger partial charge on any atom is -0.409 e. The Morgan fingerprint density at radius 3 is 2.90 bits per heavy atom. The number of nitrogens with zero attached hydrogens (tertiary/aromatic N) is 2. The van der Waals surface area contributed by atoms with E-state index in [1.54, 1.807) is 0 Å². The minimum atomic E-state index is -0.233. The summed E-state index contributed by atoms with van der Waals surface area (Å²) in [6.07, 6.45) is 3.39. The molecule has 1 atom stereocenters. The molecule has 0 bridgehead atoms. The van der Waals surface area contributed by atoms with Gasteiger partial charge in [0.15, 0.2) is 0 Å². The predicted octanol–water partition coefficient (Wildman–Crippen LogP) is 1.24. The van der Waals surface area contributed by atoms with Crippen LogP contribution >= 0.6 is 0 Å². The average Bonchev–Trinajstić information content (AvgIpc) is 2.50. The van der Waals surface area contributed by atoms with Gasteiger partial charge < -0.3 is 21.0 Å². The van der Waals surface area contributed by atoms with Crippen LogP contribution in [0.2, 0.25) is 0 Å². The molecular formula is C15H32N4O2. The highest BCUT2D eigenvalue weighted by molar-refractivity contribution is 5.85. The molecule has 6 heteroatoms. The second-order valence-corrected chi connectivity index (χ2v) is 6.42. The molecule has 0 aromatic rings. The number of hydrogen-bond acceptors (Lipinski definition) is 5. The molecule has 0 spiro atoms. The lowest BCUT2D eigenvalue weighted by atomic mass is 9.86. The van der Waals surface area contributed by atoms with E-state index >= 15 is 0 Å². The van der Waals surface area contributed by atoms with E-state index in [4.69, 9.17) is 15.7 Å². The minimum absolute atomic E-state index is 0.233. The number of nitrogens with one attached hydrogen (secondary N) is 1. The molecular weight excluding hydrogens is 268 g/mol. The molecule has 0 aliphatic carbocycles. The summed E-state index contributed by atoms with van der Waals surface area (Å²) in [7, 11) is 0. The fourth-order valence-electron chi connectivity index (χ4n) is 2.53. The Morgan fingerprint density at radius 2 is 2.24 bits per heavy atom. The van der Waals surface area contributed by atoms with Crippen molar-refractivity contribution in [3.05, 3.63) is 0 Å². The highest BCUT2D eigenvalue weighted by atomic mass is 16.5. The van der Waals surface area contributed by atoms with E-state index < -0.39 is 0 Å². The summed E-state index contributed by atoms with van der Waals surface area (Å²) in [4.78, 5) is 2.43. The van der Waals surface area contributed by atoms with E-state index in [0.717, 1.165) is 58.6 Å². The van der Waals surface area contributed by atoms with Crippen LogP contribution < -0.4 is 11.1 Å². The highest BCUT2D eigenvalue weighted by Crippen LogP contribution is 2.23. The van der Waals surface area contributed by atoms with Crippen LogP contribution in [0, 0.1) is 5.41 Å². The molecule has 6 nitrogen and oxygen atoms in total. The first-order chi connectivity index (χ1) is 9.99. The molecule has 124 valence electrons. The summed E-state index contributed by atoms with van der Waals surface area (Å²) in [6.45, 7) is 12.1. The van der Waals surface area contributed by atoms with Gasteiger partial charge in [-0.3, -0.25) is 4.90 Å². The van der Waals surface area contributed by atoms with Crippen LogP contribution in [0.15, 0.2) is 5.16 Å². The van der Waals surface area contributed by atoms with Crippen LogP contribution in [0.5, 0.6) is 0 Å². The third-order valence-electron chi connectivity index (χ3n) is 4.25. The summed E-state index contributed by atoms with van der Waals surface area (Å²) in [5.41, 5.74) is 5.45. The van der Waals surface area contributed by atoms with Crippen molar-refractivity contribution in [1.29, 1.82) is 0 Å². The molecule has 1 unspecified atom stereocenters. The summed E-state index contributed by atoms with van der Waals surface area (Å²) in [5.74, 6) is 0.311. The lowest BCUT2D eigenvalue weighted by Crippen LogP contribution is -2.46. The Morgan fingerprint density at radius 1 is 1.48 bits per heavy atom. The number of amidine groups is 1. The number of rotatable bonds is 9. The topological polar surface area (TPSA) is 83.1 Å². The predicted molar refractivity (Wildman–Crippen MR) is 85.8 cm³/mol. The van der Waals surface area contributed by atoms with Crippen LogP contribution in [-0.4, -0.2) is 61.4 Å². The molecule has 21 heavy (non-hydrogen) atoms. The van der Waals surface area contributed by atoms with E-state index in [1.165, 1.54) is 0 Å². The van der Waals surface area contributed by atoms with Crippen LogP contribution in [-0.2, 0) is 4.74 Å². The fraction of sp³-hybridized carbons (Fsp3) is 0.933. The SMILES string of the molecule is CCN1CCOC(CNCCCCC(C)(C)C(N)=NO)C1. The fourth-order valence-corrected chi connectivity index (χ4v) is 2.53. The second-order valence-electron chi connectivity index (χ2n) is 6.42. The standard InChI is InChI=1S/C15H32N4O2/c1-4-19-9-10-21-13(12-19)11-17-8-6-5-7-15(2,3)14(16)18-20/h13,17,20H,4-12H2,1-3H3,(H2,16,18). The van der Waals surface area contributed by atoms with Gasteiger partial charge in [0.1, 0.15) is 5.84 Å². The van der Waals surface area contributed by atoms with E-state index in [1.807, 2.05) is 13.8 Å². The zero-order chi connectivity index (χ0) is 15.7. The summed E-state index contributed by atoms with van der Waals surface area (Å²) >= 11 is 0. The van der Waals surface area contributed by atoms with Crippen LogP contribution in [0.25, 0.3) is 0 Å². The van der Waals surface area contributed by atoms with Crippen molar-refractivity contribution < 1.29 is 9.94 Å². The molecule has 1 aliphatic heterocycles. The smallest absolute Gasteiger partial charge is 0.144 e. The van der Waals surface area contributed by atoms with Crippen LogP contribution in [0.4, 0.5) is 0 Å². The van der Waals surface area contributed by atoms with Gasteiger partial charge in [-0.2, -0.15) is 0 Å². The molecule has 4 N–H and O–H groups in total. The lowest BCUT2D eigenvalue weighted by Gasteiger charge is -2.32. The summed E-state index contributed by atoms with van der Waals surface area (Å²) in [6, 6.07) is 0. The third kappa shape index (κ3) is 6.63. The Hall–Kier alpha value is -0.850. The van der Waals surface area contributed by atoms with Crippen molar-refractivity contribution in [2.24, 2.45) is 16.3 Å². The zero-order valence-corrected chi connectivity index (χ0v) is 13.8. The molecule has 0 amide bonds. The molecule has 1 heterocycles. The number of ether oxygens (including phenoxy) is 1. The third-order valence-corrected chi connectivity index (χ3v) is 4.25. The van der Waals surface area contributed by atoms with Gasteiger partial charge in [-0.25, -0.2) is 0 Å². The van der Waals surface area contributed by atoms with Crippen molar-refractivity contribution in [2.45, 2.75) is 46.1 Å². The number of hydrogen-bond donors (Lipinski definition) is 3. The number of nitrogens with two attached hydrogens (primary N) is 1. The molecule has 0 aromatic heterocycles. The Labute approximate surface area is 128 Å². The van der Waals surface area contributed by atoms with Gasteiger partial charge in [-0.1, -0.05) is 32.3 Å². The number of oxime groups is 1. The highest BCUT2D eigenvalue weighted by Gasteiger charge is 2.22. The van der Waals surface area contributed by atoms with Gasteiger partial charge >= 0.3 is 0 Å². The van der Waals surface area contributed by atoms with Crippen molar-refractivity contribution in [3.8, 4) is 0 Å². The Balaban J connectivity index is 2.07. The van der Waals surface area contributed by atoms with Crippen molar-refractivity contribution in [3.63, 3.8) is 0 Å². The monoisotopic (exact) mass is 300 g/mol. The van der Waals surface area contributed by atoms with Gasteiger partial charge in [-0.05, 0) is 25.9 Å². The second kappa shape index (κ2) is 9.23. The van der Waals surface area contributed by atoms with Crippen LogP contribution in [0.3, 0.4) is 0 Å². The number of likely N-dealkylation sites (N-methyl/N-ethyl adjacent to an activating group) is 1. The lowest BCUT2D eigenvalue weighted by molar-refractivity contribution is -0.0251. The van der Waals surface area contributed by atoms with Gasteiger partial charge in [0, 0.05) is 25.0 Å². The summed E-state index contributed by atoms with van der Waals surface area (Å²) < 4.78 is 5.75. The van der Waals surface area contributed by atoms with E-state index in [9.17, 15) is 0 Å². The van der Waals surface area contributed by atoms with Crippen LogP contribution in [0.1, 0.15) is 40.0 Å². The van der Waals surface area contributed by atoms with Crippen molar-refractivity contribution >= 4 is 5.84 Å². The average molecular weight is 300 g/mol. The Kier molecular flexibility index (Phi) is 8.00. The molecule has 1 rings (SSSR count). The van der Waals surface area contributed by atoms with Gasteiger partial charge in [0.2, 0.25) is 0 Å². The van der Waals surface area contributed by atoms with Gasteiger partial charge in [-0.15, -0.1) is 0 Å². The first-order valence-electron chi connectivity index (χ1n) is 8.02.